The number of benzene rings is 1. The van der Waals surface area contributed by atoms with Gasteiger partial charge in [-0.15, -0.1) is 0 Å². The largest absolute Gasteiger partial charge is 0.322 e. The normalized spacial score (nSPS) is 11.4. The third kappa shape index (κ3) is 3.87. The Morgan fingerprint density at radius 3 is 2.22 bits per heavy atom. The fourth-order valence-corrected chi connectivity index (χ4v) is 1.45. The summed E-state index contributed by atoms with van der Waals surface area (Å²) in [5.41, 5.74) is 0.739. The molecule has 0 unspecified atom stereocenters. The number of ketones is 1. The number of para-hydroxylation sites is 1. The van der Waals surface area contributed by atoms with E-state index in [1.807, 2.05) is 0 Å². The van der Waals surface area contributed by atoms with Gasteiger partial charge >= 0.3 is 0 Å². The highest BCUT2D eigenvalue weighted by Gasteiger charge is 2.31. The summed E-state index contributed by atoms with van der Waals surface area (Å²) in [6.07, 6.45) is 0. The summed E-state index contributed by atoms with van der Waals surface area (Å²) >= 11 is 16.4. The van der Waals surface area contributed by atoms with Crippen molar-refractivity contribution in [1.82, 2.24) is 0 Å². The van der Waals surface area contributed by atoms with Crippen LogP contribution in [-0.4, -0.2) is 15.5 Å². The van der Waals surface area contributed by atoms with Gasteiger partial charge < -0.3 is 5.32 Å². The molecule has 1 aromatic carbocycles. The number of Topliss-reactive ketones (excluding diaryl/α,β-unsaturated/α-hetero) is 1. The SMILES string of the molecule is CC(C)C(=O)c1ccccc1NC(=O)C(Cl)(Cl)Cl. The minimum Gasteiger partial charge on any atom is -0.322 e. The smallest absolute Gasteiger partial charge is 0.276 e. The monoisotopic (exact) mass is 307 g/mol. The van der Waals surface area contributed by atoms with Crippen LogP contribution in [0.2, 0.25) is 0 Å². The summed E-state index contributed by atoms with van der Waals surface area (Å²) in [6.45, 7) is 3.55. The predicted octanol–water partition coefficient (Wildman–Crippen LogP) is 3.83. The molecule has 1 aromatic rings. The van der Waals surface area contributed by atoms with Crippen molar-refractivity contribution in [2.75, 3.05) is 5.32 Å². The Hall–Kier alpha value is -0.770. The molecule has 0 atom stereocenters. The van der Waals surface area contributed by atoms with Gasteiger partial charge in [0.1, 0.15) is 0 Å². The number of carbonyl (C=O) groups excluding carboxylic acids is 2. The minimum atomic E-state index is -2.06. The molecule has 0 radical (unpaired) electrons. The number of nitrogens with one attached hydrogen (secondary N) is 1. The van der Waals surface area contributed by atoms with Gasteiger partial charge in [-0.1, -0.05) is 60.8 Å². The molecular weight excluding hydrogens is 296 g/mol. The number of hydrogen-bond acceptors (Lipinski definition) is 2. The number of amides is 1. The first-order valence-electron chi connectivity index (χ1n) is 5.25. The standard InChI is InChI=1S/C12H12Cl3NO2/c1-7(2)10(17)8-5-3-4-6-9(8)16-11(18)12(13,14)15/h3-7H,1-2H3,(H,16,18). The Morgan fingerprint density at radius 2 is 1.72 bits per heavy atom. The molecule has 3 nitrogen and oxygen atoms in total. The molecule has 98 valence electrons. The van der Waals surface area contributed by atoms with Gasteiger partial charge in [0.05, 0.1) is 5.69 Å². The van der Waals surface area contributed by atoms with Crippen LogP contribution >= 0.6 is 34.8 Å². The molecule has 0 aliphatic rings. The van der Waals surface area contributed by atoms with E-state index >= 15 is 0 Å². The van der Waals surface area contributed by atoms with E-state index in [1.54, 1.807) is 38.1 Å². The van der Waals surface area contributed by atoms with Crippen molar-refractivity contribution >= 4 is 52.2 Å². The van der Waals surface area contributed by atoms with Crippen molar-refractivity contribution in [2.45, 2.75) is 17.6 Å². The van der Waals surface area contributed by atoms with Crippen LogP contribution in [0.4, 0.5) is 5.69 Å². The Morgan fingerprint density at radius 1 is 1.17 bits per heavy atom. The minimum absolute atomic E-state index is 0.0878. The van der Waals surface area contributed by atoms with Gasteiger partial charge in [0.2, 0.25) is 0 Å². The lowest BCUT2D eigenvalue weighted by Gasteiger charge is -2.15. The summed E-state index contributed by atoms with van der Waals surface area (Å²) in [6, 6.07) is 6.60. The molecule has 1 rings (SSSR count). The quantitative estimate of drug-likeness (QED) is 0.681. The van der Waals surface area contributed by atoms with Crippen LogP contribution in [0.15, 0.2) is 24.3 Å². The first kappa shape index (κ1) is 15.3. The molecule has 18 heavy (non-hydrogen) atoms. The lowest BCUT2D eigenvalue weighted by molar-refractivity contribution is -0.115. The zero-order valence-corrected chi connectivity index (χ0v) is 12.1. The Kier molecular flexibility index (Phi) is 5.02. The van der Waals surface area contributed by atoms with Crippen LogP contribution in [0, 0.1) is 5.92 Å². The Bertz CT molecular complexity index is 467. The van der Waals surface area contributed by atoms with Gasteiger partial charge in [0, 0.05) is 11.5 Å². The van der Waals surface area contributed by atoms with Gasteiger partial charge in [-0.3, -0.25) is 9.59 Å². The van der Waals surface area contributed by atoms with Crippen LogP contribution in [0.3, 0.4) is 0 Å². The van der Waals surface area contributed by atoms with Crippen LogP contribution in [-0.2, 0) is 4.79 Å². The van der Waals surface area contributed by atoms with Crippen LogP contribution in [0.5, 0.6) is 0 Å². The number of carbonyl (C=O) groups is 2. The van der Waals surface area contributed by atoms with Crippen LogP contribution in [0.1, 0.15) is 24.2 Å². The summed E-state index contributed by atoms with van der Waals surface area (Å²) in [4.78, 5) is 23.5. The van der Waals surface area contributed by atoms with E-state index in [4.69, 9.17) is 34.8 Å². The molecule has 0 spiro atoms. The lowest BCUT2D eigenvalue weighted by Crippen LogP contribution is -2.28. The summed E-state index contributed by atoms with van der Waals surface area (Å²) in [5, 5.41) is 2.43. The fraction of sp³-hybridized carbons (Fsp3) is 0.333. The summed E-state index contributed by atoms with van der Waals surface area (Å²) in [7, 11) is 0. The van der Waals surface area contributed by atoms with Crippen molar-refractivity contribution in [2.24, 2.45) is 5.92 Å². The molecule has 0 bridgehead atoms. The average Bonchev–Trinajstić information content (AvgIpc) is 2.27. The Labute approximate surface area is 120 Å². The zero-order chi connectivity index (χ0) is 13.9. The van der Waals surface area contributed by atoms with Crippen molar-refractivity contribution in [3.8, 4) is 0 Å². The maximum absolute atomic E-state index is 11.9. The second-order valence-corrected chi connectivity index (χ2v) is 6.30. The molecule has 6 heteroatoms. The molecule has 1 amide bonds. The van der Waals surface area contributed by atoms with E-state index in [-0.39, 0.29) is 11.7 Å². The third-order valence-corrected chi connectivity index (χ3v) is 2.74. The fourth-order valence-electron chi connectivity index (χ4n) is 1.31. The van der Waals surface area contributed by atoms with Crippen LogP contribution in [0.25, 0.3) is 0 Å². The van der Waals surface area contributed by atoms with E-state index < -0.39 is 9.70 Å². The number of hydrogen-bond donors (Lipinski definition) is 1. The van der Waals surface area contributed by atoms with Gasteiger partial charge in [0.15, 0.2) is 5.78 Å². The van der Waals surface area contributed by atoms with E-state index in [9.17, 15) is 9.59 Å². The first-order valence-corrected chi connectivity index (χ1v) is 6.38. The van der Waals surface area contributed by atoms with Gasteiger partial charge in [-0.2, -0.15) is 0 Å². The Balaban J connectivity index is 3.04. The number of anilines is 1. The van der Waals surface area contributed by atoms with Crippen molar-refractivity contribution in [3.63, 3.8) is 0 Å². The summed E-state index contributed by atoms with van der Waals surface area (Å²) in [5.74, 6) is -1.07. The molecule has 0 saturated carbocycles. The van der Waals surface area contributed by atoms with E-state index in [1.165, 1.54) is 0 Å². The highest BCUT2D eigenvalue weighted by molar-refractivity contribution is 6.76. The second kappa shape index (κ2) is 5.91. The second-order valence-electron chi connectivity index (χ2n) is 4.02. The van der Waals surface area contributed by atoms with Crippen molar-refractivity contribution in [1.29, 1.82) is 0 Å². The van der Waals surface area contributed by atoms with E-state index in [0.717, 1.165) is 0 Å². The van der Waals surface area contributed by atoms with Crippen molar-refractivity contribution in [3.05, 3.63) is 29.8 Å². The number of alkyl halides is 3. The number of rotatable bonds is 3. The lowest BCUT2D eigenvalue weighted by atomic mass is 9.99. The van der Waals surface area contributed by atoms with Gasteiger partial charge in [-0.25, -0.2) is 0 Å². The van der Waals surface area contributed by atoms with Crippen LogP contribution < -0.4 is 5.32 Å². The summed E-state index contributed by atoms with van der Waals surface area (Å²) < 4.78 is -2.06. The molecular formula is C12H12Cl3NO2. The maximum atomic E-state index is 11.9. The topological polar surface area (TPSA) is 46.2 Å². The predicted molar refractivity (Wildman–Crippen MR) is 74.5 cm³/mol. The van der Waals surface area contributed by atoms with Crippen molar-refractivity contribution < 1.29 is 9.59 Å². The van der Waals surface area contributed by atoms with E-state index in [0.29, 0.717) is 11.3 Å². The molecule has 0 saturated heterocycles. The first-order chi connectivity index (χ1) is 8.23. The third-order valence-electron chi connectivity index (χ3n) is 2.22. The van der Waals surface area contributed by atoms with Gasteiger partial charge in [-0.05, 0) is 12.1 Å². The average molecular weight is 309 g/mol. The molecule has 0 aliphatic heterocycles. The number of halogens is 3. The maximum Gasteiger partial charge on any atom is 0.276 e. The highest BCUT2D eigenvalue weighted by atomic mass is 35.6. The molecule has 0 fully saturated rings. The molecule has 0 heterocycles. The molecule has 0 aliphatic carbocycles. The molecule has 0 aromatic heterocycles. The van der Waals surface area contributed by atoms with Gasteiger partial charge in [0.25, 0.3) is 9.70 Å². The molecule has 1 N–H and O–H groups in total. The zero-order valence-electron chi connectivity index (χ0n) is 9.84. The highest BCUT2D eigenvalue weighted by Crippen LogP contribution is 2.28. The van der Waals surface area contributed by atoms with E-state index in [2.05, 4.69) is 5.32 Å².